The van der Waals surface area contributed by atoms with Crippen molar-refractivity contribution >= 4 is 29.5 Å². The molecule has 0 unspecified atom stereocenters. The summed E-state index contributed by atoms with van der Waals surface area (Å²) in [4.78, 5) is 55.7. The van der Waals surface area contributed by atoms with Crippen LogP contribution in [-0.2, 0) is 19.2 Å². The Morgan fingerprint density at radius 2 is 1.53 bits per heavy atom. The van der Waals surface area contributed by atoms with Crippen molar-refractivity contribution in [2.24, 2.45) is 0 Å². The van der Waals surface area contributed by atoms with E-state index in [9.17, 15) is 39.3 Å². The van der Waals surface area contributed by atoms with Crippen LogP contribution in [0.1, 0.15) is 33.1 Å². The lowest BCUT2D eigenvalue weighted by molar-refractivity contribution is -0.339. The maximum atomic E-state index is 11.8. The van der Waals surface area contributed by atoms with Gasteiger partial charge in [0, 0.05) is 24.8 Å². The lowest BCUT2D eigenvalue weighted by Gasteiger charge is -2.29. The second-order valence-electron chi connectivity index (χ2n) is 7.21. The Balaban J connectivity index is 0.000000722. The minimum atomic E-state index is -2.97. The molecule has 1 rings (SSSR count). The summed E-state index contributed by atoms with van der Waals surface area (Å²) in [5, 5.41) is 44.6. The fourth-order valence-corrected chi connectivity index (χ4v) is 2.68. The quantitative estimate of drug-likeness (QED) is 0.219. The minimum Gasteiger partial charge on any atom is -0.550 e. The Bertz CT molecular complexity index is 857. The molecule has 0 saturated carbocycles. The van der Waals surface area contributed by atoms with Crippen LogP contribution in [0.15, 0.2) is 35.1 Å². The molecule has 0 aliphatic heterocycles. The van der Waals surface area contributed by atoms with Gasteiger partial charge in [-0.1, -0.05) is 32.0 Å². The predicted molar refractivity (Wildman–Crippen MR) is 116 cm³/mol. The van der Waals surface area contributed by atoms with Crippen molar-refractivity contribution in [2.75, 3.05) is 38.0 Å². The van der Waals surface area contributed by atoms with E-state index < -0.39 is 36.4 Å². The van der Waals surface area contributed by atoms with Crippen LogP contribution in [0.25, 0.3) is 0 Å². The number of carbonyl (C=O) groups excluding carboxylic acids is 4. The van der Waals surface area contributed by atoms with Gasteiger partial charge in [-0.25, -0.2) is 0 Å². The summed E-state index contributed by atoms with van der Waals surface area (Å²) in [7, 11) is 0. The number of hydrogen-bond donors (Lipinski definition) is 3. The first kappa shape index (κ1) is 30.6. The molecule has 1 aromatic rings. The average Bonchev–Trinajstić information content (AvgIpc) is 2.94. The first-order valence-electron chi connectivity index (χ1n) is 10.6. The van der Waals surface area contributed by atoms with E-state index in [1.165, 1.54) is 6.07 Å². The molecule has 0 atom stereocenters. The van der Waals surface area contributed by atoms with E-state index in [2.05, 4.69) is 29.4 Å². The molecule has 1 aromatic carbocycles. The standard InChI is InChI=1S/C16H25N3O2.C6H8O7/c1-3-19(4-2)12-8-11-17-13-16(21)18-14-9-6-5-7-10-15(14)20;7-3(8)1-6(13,5(11)12)2-4(9)10/h5-7,9-10,17H,3-4,8,11-13H2,1-2H3,(H,18,20,21);13H,1-2H2,(H,7,8)(H,9,10)(H,11,12)/p-3. The largest absolute Gasteiger partial charge is 0.550 e. The third kappa shape index (κ3) is 13.3. The normalized spacial score (nSPS) is 10.7. The van der Waals surface area contributed by atoms with Crippen LogP contribution >= 0.6 is 0 Å². The summed E-state index contributed by atoms with van der Waals surface area (Å²) in [5.74, 6) is -6.18. The van der Waals surface area contributed by atoms with Gasteiger partial charge in [-0.05, 0) is 44.7 Å². The Labute approximate surface area is 197 Å². The van der Waals surface area contributed by atoms with Gasteiger partial charge in [-0.2, -0.15) is 0 Å². The molecule has 0 bridgehead atoms. The van der Waals surface area contributed by atoms with Gasteiger partial charge in [0.25, 0.3) is 0 Å². The zero-order valence-electron chi connectivity index (χ0n) is 19.2. The summed E-state index contributed by atoms with van der Waals surface area (Å²) < 4.78 is 0. The number of carboxylic acid groups (broad SMARTS) is 3. The Hall–Kier alpha value is -3.35. The molecule has 0 saturated heterocycles. The van der Waals surface area contributed by atoms with Crippen LogP contribution in [0, 0.1) is 0 Å². The third-order valence-corrected chi connectivity index (χ3v) is 4.53. The number of rotatable bonds is 14. The van der Waals surface area contributed by atoms with Crippen molar-refractivity contribution < 1.29 is 39.6 Å². The molecule has 34 heavy (non-hydrogen) atoms. The Morgan fingerprint density at radius 1 is 0.971 bits per heavy atom. The van der Waals surface area contributed by atoms with Crippen molar-refractivity contribution in [1.82, 2.24) is 10.2 Å². The fraction of sp³-hybridized carbons (Fsp3) is 0.500. The third-order valence-electron chi connectivity index (χ3n) is 4.53. The zero-order valence-corrected chi connectivity index (χ0v) is 19.2. The molecule has 3 N–H and O–H groups in total. The highest BCUT2D eigenvalue weighted by Gasteiger charge is 2.29. The summed E-state index contributed by atoms with van der Waals surface area (Å²) in [6.45, 7) is 8.42. The molecule has 0 aliphatic carbocycles. The van der Waals surface area contributed by atoms with E-state index in [1.54, 1.807) is 24.3 Å². The highest BCUT2D eigenvalue weighted by atomic mass is 16.4. The van der Waals surface area contributed by atoms with Gasteiger partial charge in [-0.15, -0.1) is 0 Å². The minimum absolute atomic E-state index is 0.185. The summed E-state index contributed by atoms with van der Waals surface area (Å²) in [5.41, 5.74) is -2.85. The second-order valence-corrected chi connectivity index (χ2v) is 7.21. The van der Waals surface area contributed by atoms with Crippen molar-refractivity contribution in [3.63, 3.8) is 0 Å². The number of anilines is 1. The molecule has 0 spiro atoms. The lowest BCUT2D eigenvalue weighted by atomic mass is 9.96. The summed E-state index contributed by atoms with van der Waals surface area (Å²) in [6, 6.07) is 8.19. The second kappa shape index (κ2) is 16.3. The van der Waals surface area contributed by atoms with Gasteiger partial charge in [0.05, 0.1) is 18.2 Å². The highest BCUT2D eigenvalue weighted by molar-refractivity contribution is 5.92. The van der Waals surface area contributed by atoms with E-state index in [0.717, 1.165) is 32.6 Å². The molecule has 12 nitrogen and oxygen atoms in total. The molecule has 0 fully saturated rings. The Kier molecular flexibility index (Phi) is 14.7. The number of nitrogens with one attached hydrogen (secondary N) is 2. The van der Waals surface area contributed by atoms with Crippen LogP contribution in [0.4, 0.5) is 5.69 Å². The topological polar surface area (TPSA) is 202 Å². The lowest BCUT2D eigenvalue weighted by Crippen LogP contribution is -2.54. The van der Waals surface area contributed by atoms with E-state index in [4.69, 9.17) is 5.11 Å². The van der Waals surface area contributed by atoms with Crippen LogP contribution in [-0.4, -0.2) is 72.1 Å². The molecule has 12 heteroatoms. The smallest absolute Gasteiger partial charge is 0.238 e. The predicted octanol–water partition coefficient (Wildman–Crippen LogP) is -3.95. The van der Waals surface area contributed by atoms with E-state index >= 15 is 0 Å². The van der Waals surface area contributed by atoms with E-state index in [0.29, 0.717) is 5.69 Å². The molecular formula is C22H30N3O9-3. The number of carbonyl (C=O) groups is 4. The van der Waals surface area contributed by atoms with Gasteiger partial charge in [-0.3, -0.25) is 9.59 Å². The number of amides is 1. The first-order chi connectivity index (χ1) is 15.9. The van der Waals surface area contributed by atoms with E-state index in [1.807, 2.05) is 0 Å². The van der Waals surface area contributed by atoms with Gasteiger partial charge >= 0.3 is 0 Å². The van der Waals surface area contributed by atoms with Crippen LogP contribution in [0.2, 0.25) is 0 Å². The number of aliphatic hydroxyl groups is 1. The van der Waals surface area contributed by atoms with E-state index in [-0.39, 0.29) is 17.9 Å². The molecule has 1 amide bonds. The highest BCUT2D eigenvalue weighted by Crippen LogP contribution is 2.13. The van der Waals surface area contributed by atoms with Gasteiger partial charge in [0.15, 0.2) is 0 Å². The van der Waals surface area contributed by atoms with Crippen molar-refractivity contribution in [2.45, 2.75) is 38.7 Å². The zero-order chi connectivity index (χ0) is 26.1. The van der Waals surface area contributed by atoms with Crippen molar-refractivity contribution in [3.05, 3.63) is 40.6 Å². The van der Waals surface area contributed by atoms with Crippen LogP contribution in [0.3, 0.4) is 0 Å². The van der Waals surface area contributed by atoms with Crippen molar-refractivity contribution in [1.29, 1.82) is 0 Å². The average molecular weight is 480 g/mol. The molecule has 0 heterocycles. The molecule has 0 aromatic heterocycles. The maximum Gasteiger partial charge on any atom is 0.238 e. The van der Waals surface area contributed by atoms with Crippen molar-refractivity contribution in [3.8, 4) is 0 Å². The monoisotopic (exact) mass is 480 g/mol. The fourth-order valence-electron chi connectivity index (χ4n) is 2.68. The molecule has 0 aliphatic rings. The number of nitrogens with zero attached hydrogens (tertiary/aromatic N) is 1. The maximum absolute atomic E-state index is 11.8. The van der Waals surface area contributed by atoms with Crippen LogP contribution in [0.5, 0.6) is 0 Å². The molecule has 190 valence electrons. The Morgan fingerprint density at radius 3 is 2.03 bits per heavy atom. The number of hydrogen-bond acceptors (Lipinski definition) is 11. The summed E-state index contributed by atoms with van der Waals surface area (Å²) in [6.07, 6.45) is -1.71. The van der Waals surface area contributed by atoms with Gasteiger partial charge < -0.3 is 50.3 Å². The SMILES string of the molecule is CCN(CC)CCCNCC(=O)Nc1cccccc1=O.O=C([O-])CC(O)(CC(=O)[O-])C(=O)[O-]. The van der Waals surface area contributed by atoms with Crippen LogP contribution < -0.4 is 31.4 Å². The van der Waals surface area contributed by atoms with Gasteiger partial charge in [0.2, 0.25) is 11.3 Å². The summed E-state index contributed by atoms with van der Waals surface area (Å²) >= 11 is 0. The number of aliphatic carboxylic acids is 3. The van der Waals surface area contributed by atoms with Gasteiger partial charge in [0.1, 0.15) is 5.60 Å². The molecular weight excluding hydrogens is 450 g/mol. The molecule has 0 radical (unpaired) electrons. The number of carboxylic acids is 3. The first-order valence-corrected chi connectivity index (χ1v) is 10.6.